The predicted molar refractivity (Wildman–Crippen MR) is 64.7 cm³/mol. The molecule has 0 atom stereocenters. The van der Waals surface area contributed by atoms with Gasteiger partial charge in [0.25, 0.3) is 0 Å². The van der Waals surface area contributed by atoms with Crippen molar-refractivity contribution < 1.29 is 0 Å². The van der Waals surface area contributed by atoms with Crippen LogP contribution >= 0.6 is 12.4 Å². The molecule has 0 spiro atoms. The van der Waals surface area contributed by atoms with Gasteiger partial charge in [0.1, 0.15) is 0 Å². The van der Waals surface area contributed by atoms with Gasteiger partial charge < -0.3 is 10.6 Å². The minimum Gasteiger partial charge on any atom is -0.317 e. The van der Waals surface area contributed by atoms with Gasteiger partial charge in [-0.1, -0.05) is 26.0 Å². The molecule has 0 bridgehead atoms. The summed E-state index contributed by atoms with van der Waals surface area (Å²) in [5.41, 5.74) is 0. The van der Waals surface area contributed by atoms with Crippen LogP contribution in [0.15, 0.2) is 25.3 Å². The SMILES string of the molecule is C=CCNCC=C.CCNCC.Cl. The molecule has 2 N–H and O–H groups in total. The molecular formula is C10H23ClN2. The van der Waals surface area contributed by atoms with Crippen molar-refractivity contribution in [1.29, 1.82) is 0 Å². The average Bonchev–Trinajstić information content (AvgIpc) is 2.08. The van der Waals surface area contributed by atoms with Crippen LogP contribution in [0.2, 0.25) is 0 Å². The van der Waals surface area contributed by atoms with Crippen LogP contribution in [0.3, 0.4) is 0 Å². The zero-order chi connectivity index (χ0) is 9.66. The van der Waals surface area contributed by atoms with Crippen molar-refractivity contribution in [3.05, 3.63) is 25.3 Å². The second-order valence-electron chi connectivity index (χ2n) is 2.19. The quantitative estimate of drug-likeness (QED) is 0.513. The van der Waals surface area contributed by atoms with Gasteiger partial charge in [-0.25, -0.2) is 0 Å². The van der Waals surface area contributed by atoms with Crippen molar-refractivity contribution >= 4 is 12.4 Å². The Labute approximate surface area is 88.9 Å². The fourth-order valence-electron chi connectivity index (χ4n) is 0.537. The molecule has 13 heavy (non-hydrogen) atoms. The number of halogens is 1. The molecule has 0 radical (unpaired) electrons. The second-order valence-corrected chi connectivity index (χ2v) is 2.19. The zero-order valence-electron chi connectivity index (χ0n) is 8.81. The smallest absolute Gasteiger partial charge is 0.0135 e. The highest BCUT2D eigenvalue weighted by Crippen LogP contribution is 1.59. The van der Waals surface area contributed by atoms with Crippen molar-refractivity contribution in [2.75, 3.05) is 26.2 Å². The van der Waals surface area contributed by atoms with Crippen LogP contribution in [-0.2, 0) is 0 Å². The van der Waals surface area contributed by atoms with Crippen LogP contribution in [0.1, 0.15) is 13.8 Å². The Morgan fingerprint density at radius 1 is 0.923 bits per heavy atom. The van der Waals surface area contributed by atoms with Crippen LogP contribution in [0.4, 0.5) is 0 Å². The van der Waals surface area contributed by atoms with E-state index in [9.17, 15) is 0 Å². The van der Waals surface area contributed by atoms with Gasteiger partial charge in [0.2, 0.25) is 0 Å². The average molecular weight is 207 g/mol. The van der Waals surface area contributed by atoms with E-state index >= 15 is 0 Å². The van der Waals surface area contributed by atoms with E-state index in [2.05, 4.69) is 37.6 Å². The Balaban J connectivity index is -0.000000150. The topological polar surface area (TPSA) is 24.1 Å². The van der Waals surface area contributed by atoms with Crippen molar-refractivity contribution in [3.8, 4) is 0 Å². The van der Waals surface area contributed by atoms with E-state index in [0.717, 1.165) is 26.2 Å². The lowest BCUT2D eigenvalue weighted by Crippen LogP contribution is -2.11. The van der Waals surface area contributed by atoms with Crippen molar-refractivity contribution in [2.45, 2.75) is 13.8 Å². The minimum absolute atomic E-state index is 0. The Kier molecular flexibility index (Phi) is 32.1. The molecule has 0 fully saturated rings. The van der Waals surface area contributed by atoms with Crippen LogP contribution in [0, 0.1) is 0 Å². The molecule has 0 rings (SSSR count). The van der Waals surface area contributed by atoms with E-state index in [1.54, 1.807) is 0 Å². The third-order valence-electron chi connectivity index (χ3n) is 1.08. The molecule has 80 valence electrons. The van der Waals surface area contributed by atoms with E-state index in [4.69, 9.17) is 0 Å². The Morgan fingerprint density at radius 2 is 1.31 bits per heavy atom. The minimum atomic E-state index is 0. The molecule has 2 nitrogen and oxygen atoms in total. The summed E-state index contributed by atoms with van der Waals surface area (Å²) < 4.78 is 0. The molecule has 0 saturated heterocycles. The van der Waals surface area contributed by atoms with Crippen LogP contribution in [0.25, 0.3) is 0 Å². The Bertz CT molecular complexity index is 84.9. The second kappa shape index (κ2) is 22.6. The molecule has 0 unspecified atom stereocenters. The number of hydrogen-bond acceptors (Lipinski definition) is 2. The lowest BCUT2D eigenvalue weighted by Gasteiger charge is -1.90. The summed E-state index contributed by atoms with van der Waals surface area (Å²) in [5.74, 6) is 0. The van der Waals surface area contributed by atoms with Crippen LogP contribution in [0.5, 0.6) is 0 Å². The van der Waals surface area contributed by atoms with Gasteiger partial charge in [0.15, 0.2) is 0 Å². The highest BCUT2D eigenvalue weighted by atomic mass is 35.5. The fraction of sp³-hybridized carbons (Fsp3) is 0.600. The number of hydrogen-bond donors (Lipinski definition) is 2. The normalized spacial score (nSPS) is 7.54. The fourth-order valence-corrected chi connectivity index (χ4v) is 0.537. The number of rotatable bonds is 6. The third kappa shape index (κ3) is 33.9. The van der Waals surface area contributed by atoms with Gasteiger partial charge >= 0.3 is 0 Å². The van der Waals surface area contributed by atoms with E-state index in [-0.39, 0.29) is 12.4 Å². The van der Waals surface area contributed by atoms with E-state index < -0.39 is 0 Å². The first kappa shape index (κ1) is 18.5. The summed E-state index contributed by atoms with van der Waals surface area (Å²) in [5, 5.41) is 6.16. The van der Waals surface area contributed by atoms with E-state index in [1.165, 1.54) is 0 Å². The molecule has 0 aliphatic rings. The van der Waals surface area contributed by atoms with Gasteiger partial charge in [-0.2, -0.15) is 0 Å². The molecule has 0 aromatic carbocycles. The predicted octanol–water partition coefficient (Wildman–Crippen LogP) is 1.99. The highest BCUT2D eigenvalue weighted by Gasteiger charge is 1.69. The first-order valence-corrected chi connectivity index (χ1v) is 4.46. The summed E-state index contributed by atoms with van der Waals surface area (Å²) >= 11 is 0. The van der Waals surface area contributed by atoms with Gasteiger partial charge in [-0.3, -0.25) is 0 Å². The number of nitrogens with one attached hydrogen (secondary N) is 2. The first-order valence-electron chi connectivity index (χ1n) is 4.46. The maximum atomic E-state index is 3.54. The summed E-state index contributed by atoms with van der Waals surface area (Å²) in [6, 6.07) is 0. The lowest BCUT2D eigenvalue weighted by molar-refractivity contribution is 0.762. The van der Waals surface area contributed by atoms with Crippen LogP contribution < -0.4 is 10.6 Å². The van der Waals surface area contributed by atoms with Gasteiger partial charge in [-0.05, 0) is 13.1 Å². The third-order valence-corrected chi connectivity index (χ3v) is 1.08. The molecule has 0 saturated carbocycles. The zero-order valence-corrected chi connectivity index (χ0v) is 9.62. The maximum absolute atomic E-state index is 3.54. The Hall–Kier alpha value is -0.310. The lowest BCUT2D eigenvalue weighted by atomic mass is 10.5. The molecule has 3 heteroatoms. The van der Waals surface area contributed by atoms with Gasteiger partial charge in [-0.15, -0.1) is 25.6 Å². The molecular weight excluding hydrogens is 184 g/mol. The molecule has 0 amide bonds. The van der Waals surface area contributed by atoms with Crippen LogP contribution in [-0.4, -0.2) is 26.2 Å². The standard InChI is InChI=1S/C6H11N.C4H11N.ClH/c1-3-5-7-6-4-2;1-3-5-4-2;/h3-4,7H,1-2,5-6H2;5H,3-4H2,1-2H3;1H. The van der Waals surface area contributed by atoms with Crippen molar-refractivity contribution in [2.24, 2.45) is 0 Å². The first-order chi connectivity index (χ1) is 5.83. The van der Waals surface area contributed by atoms with E-state index in [1.807, 2.05) is 12.2 Å². The van der Waals surface area contributed by atoms with Gasteiger partial charge in [0, 0.05) is 13.1 Å². The van der Waals surface area contributed by atoms with Crippen molar-refractivity contribution in [3.63, 3.8) is 0 Å². The highest BCUT2D eigenvalue weighted by molar-refractivity contribution is 5.85. The van der Waals surface area contributed by atoms with E-state index in [0.29, 0.717) is 0 Å². The molecule has 0 aromatic rings. The largest absolute Gasteiger partial charge is 0.317 e. The summed E-state index contributed by atoms with van der Waals surface area (Å²) in [7, 11) is 0. The molecule has 0 aliphatic carbocycles. The summed E-state index contributed by atoms with van der Waals surface area (Å²) in [4.78, 5) is 0. The van der Waals surface area contributed by atoms with Gasteiger partial charge in [0.05, 0.1) is 0 Å². The molecule has 0 aromatic heterocycles. The Morgan fingerprint density at radius 3 is 1.46 bits per heavy atom. The maximum Gasteiger partial charge on any atom is 0.0135 e. The van der Waals surface area contributed by atoms with Crippen molar-refractivity contribution in [1.82, 2.24) is 10.6 Å². The monoisotopic (exact) mass is 206 g/mol. The molecule has 0 heterocycles. The summed E-state index contributed by atoms with van der Waals surface area (Å²) in [6.45, 7) is 15.2. The summed E-state index contributed by atoms with van der Waals surface area (Å²) in [6.07, 6.45) is 3.65. The molecule has 0 aliphatic heterocycles.